The molecule has 0 aliphatic heterocycles. The van der Waals surface area contributed by atoms with Gasteiger partial charge in [0.2, 0.25) is 11.6 Å². The SMILES string of the molecule is CC(NC1=CC(=O)C(NC(C)c2ccccc2)=CC1=O)c1ccccc1. The molecule has 3 rings (SSSR count). The first-order valence-corrected chi connectivity index (χ1v) is 8.69. The number of hydrogen-bond acceptors (Lipinski definition) is 4. The molecule has 0 fully saturated rings. The Morgan fingerprint density at radius 2 is 0.962 bits per heavy atom. The molecule has 0 saturated carbocycles. The van der Waals surface area contributed by atoms with Crippen molar-refractivity contribution in [2.45, 2.75) is 25.9 Å². The minimum Gasteiger partial charge on any atom is -0.375 e. The summed E-state index contributed by atoms with van der Waals surface area (Å²) in [4.78, 5) is 24.9. The van der Waals surface area contributed by atoms with Gasteiger partial charge < -0.3 is 10.6 Å². The molecule has 0 bridgehead atoms. The lowest BCUT2D eigenvalue weighted by molar-refractivity contribution is -0.115. The molecule has 0 radical (unpaired) electrons. The van der Waals surface area contributed by atoms with Crippen LogP contribution in [0.2, 0.25) is 0 Å². The molecule has 0 amide bonds. The molecular formula is C22H22N2O2. The number of carbonyl (C=O) groups excluding carboxylic acids is 2. The van der Waals surface area contributed by atoms with Gasteiger partial charge in [-0.2, -0.15) is 0 Å². The smallest absolute Gasteiger partial charge is 0.204 e. The first-order valence-electron chi connectivity index (χ1n) is 8.69. The largest absolute Gasteiger partial charge is 0.375 e. The number of nitrogens with one attached hydrogen (secondary N) is 2. The summed E-state index contributed by atoms with van der Waals surface area (Å²) in [7, 11) is 0. The van der Waals surface area contributed by atoms with Gasteiger partial charge in [-0.25, -0.2) is 0 Å². The highest BCUT2D eigenvalue weighted by molar-refractivity contribution is 6.19. The van der Waals surface area contributed by atoms with E-state index in [2.05, 4.69) is 10.6 Å². The van der Waals surface area contributed by atoms with Crippen LogP contribution in [-0.2, 0) is 9.59 Å². The van der Waals surface area contributed by atoms with Gasteiger partial charge in [0.25, 0.3) is 0 Å². The number of ketones is 2. The van der Waals surface area contributed by atoms with Gasteiger partial charge in [-0.05, 0) is 25.0 Å². The molecule has 2 N–H and O–H groups in total. The van der Waals surface area contributed by atoms with Gasteiger partial charge in [0.05, 0.1) is 11.4 Å². The first kappa shape index (κ1) is 17.7. The van der Waals surface area contributed by atoms with Crippen LogP contribution in [0.4, 0.5) is 0 Å². The van der Waals surface area contributed by atoms with E-state index in [1.807, 2.05) is 74.5 Å². The maximum absolute atomic E-state index is 12.4. The highest BCUT2D eigenvalue weighted by Crippen LogP contribution is 2.18. The van der Waals surface area contributed by atoms with E-state index in [0.29, 0.717) is 11.4 Å². The van der Waals surface area contributed by atoms with Crippen molar-refractivity contribution < 1.29 is 9.59 Å². The average molecular weight is 346 g/mol. The third-order valence-corrected chi connectivity index (χ3v) is 4.42. The normalized spacial score (nSPS) is 16.4. The molecule has 26 heavy (non-hydrogen) atoms. The van der Waals surface area contributed by atoms with Crippen LogP contribution >= 0.6 is 0 Å². The number of rotatable bonds is 6. The number of benzene rings is 2. The Hall–Kier alpha value is -3.14. The molecule has 4 nitrogen and oxygen atoms in total. The maximum atomic E-state index is 12.4. The molecule has 1 aliphatic carbocycles. The van der Waals surface area contributed by atoms with Gasteiger partial charge in [-0.3, -0.25) is 9.59 Å². The molecule has 2 atom stereocenters. The zero-order valence-electron chi connectivity index (χ0n) is 14.9. The fraction of sp³-hybridized carbons (Fsp3) is 0.182. The molecule has 2 unspecified atom stereocenters. The Balaban J connectivity index is 1.68. The van der Waals surface area contributed by atoms with Crippen LogP contribution in [-0.4, -0.2) is 11.6 Å². The standard InChI is InChI=1S/C22H22N2O2/c1-15(17-9-5-3-6-10-17)23-19-13-22(26)20(14-21(19)25)24-16(2)18-11-7-4-8-12-18/h3-16,23-24H,1-2H3. The van der Waals surface area contributed by atoms with Crippen LogP contribution in [0.1, 0.15) is 37.1 Å². The van der Waals surface area contributed by atoms with E-state index in [4.69, 9.17) is 0 Å². The van der Waals surface area contributed by atoms with Gasteiger partial charge in [0.15, 0.2) is 0 Å². The minimum absolute atomic E-state index is 0.0645. The van der Waals surface area contributed by atoms with E-state index >= 15 is 0 Å². The third-order valence-electron chi connectivity index (χ3n) is 4.42. The Bertz CT molecular complexity index is 781. The van der Waals surface area contributed by atoms with E-state index in [1.165, 1.54) is 12.2 Å². The molecule has 0 saturated heterocycles. The van der Waals surface area contributed by atoms with Crippen molar-refractivity contribution in [2.24, 2.45) is 0 Å². The fourth-order valence-corrected chi connectivity index (χ4v) is 2.90. The molecule has 1 aliphatic rings. The summed E-state index contributed by atoms with van der Waals surface area (Å²) in [5, 5.41) is 6.28. The third kappa shape index (κ3) is 4.09. The Kier molecular flexibility index (Phi) is 5.32. The van der Waals surface area contributed by atoms with Gasteiger partial charge in [0, 0.05) is 24.2 Å². The van der Waals surface area contributed by atoms with Crippen molar-refractivity contribution >= 4 is 11.6 Å². The predicted octanol–water partition coefficient (Wildman–Crippen LogP) is 3.61. The molecule has 4 heteroatoms. The van der Waals surface area contributed by atoms with Crippen LogP contribution in [0.5, 0.6) is 0 Å². The van der Waals surface area contributed by atoms with Gasteiger partial charge >= 0.3 is 0 Å². The van der Waals surface area contributed by atoms with Crippen molar-refractivity contribution in [1.29, 1.82) is 0 Å². The Morgan fingerprint density at radius 3 is 1.31 bits per heavy atom. The van der Waals surface area contributed by atoms with Crippen molar-refractivity contribution in [3.8, 4) is 0 Å². The lowest BCUT2D eigenvalue weighted by Crippen LogP contribution is -2.31. The first-order chi connectivity index (χ1) is 12.5. The summed E-state index contributed by atoms with van der Waals surface area (Å²) in [6.07, 6.45) is 2.75. The van der Waals surface area contributed by atoms with Gasteiger partial charge in [-0.1, -0.05) is 60.7 Å². The monoisotopic (exact) mass is 346 g/mol. The van der Waals surface area contributed by atoms with Crippen LogP contribution in [0, 0.1) is 0 Å². The molecule has 2 aromatic carbocycles. The quantitative estimate of drug-likeness (QED) is 0.785. The van der Waals surface area contributed by atoms with Crippen molar-refractivity contribution in [3.63, 3.8) is 0 Å². The number of carbonyl (C=O) groups is 2. The van der Waals surface area contributed by atoms with E-state index in [9.17, 15) is 9.59 Å². The summed E-state index contributed by atoms with van der Waals surface area (Å²) in [6.45, 7) is 3.92. The lowest BCUT2D eigenvalue weighted by Gasteiger charge is -2.22. The second-order valence-corrected chi connectivity index (χ2v) is 6.40. The van der Waals surface area contributed by atoms with E-state index in [1.54, 1.807) is 0 Å². The second kappa shape index (κ2) is 7.83. The fourth-order valence-electron chi connectivity index (χ4n) is 2.90. The van der Waals surface area contributed by atoms with E-state index < -0.39 is 0 Å². The molecule has 0 spiro atoms. The van der Waals surface area contributed by atoms with E-state index in [0.717, 1.165) is 11.1 Å². The Labute approximate surface area is 153 Å². The van der Waals surface area contributed by atoms with Crippen LogP contribution in [0.3, 0.4) is 0 Å². The van der Waals surface area contributed by atoms with E-state index in [-0.39, 0.29) is 23.7 Å². The molecule has 0 heterocycles. The van der Waals surface area contributed by atoms with Crippen LogP contribution in [0.25, 0.3) is 0 Å². The summed E-state index contributed by atoms with van der Waals surface area (Å²) in [5.74, 6) is -0.398. The number of allylic oxidation sites excluding steroid dienone is 2. The van der Waals surface area contributed by atoms with Crippen molar-refractivity contribution in [2.75, 3.05) is 0 Å². The topological polar surface area (TPSA) is 58.2 Å². The zero-order valence-corrected chi connectivity index (χ0v) is 14.9. The van der Waals surface area contributed by atoms with Gasteiger partial charge in [0.1, 0.15) is 0 Å². The highest BCUT2D eigenvalue weighted by atomic mass is 16.1. The Morgan fingerprint density at radius 1 is 0.615 bits per heavy atom. The lowest BCUT2D eigenvalue weighted by atomic mass is 10.0. The second-order valence-electron chi connectivity index (χ2n) is 6.40. The number of hydrogen-bond donors (Lipinski definition) is 2. The summed E-state index contributed by atoms with van der Waals surface area (Å²) >= 11 is 0. The maximum Gasteiger partial charge on any atom is 0.204 e. The highest BCUT2D eigenvalue weighted by Gasteiger charge is 2.23. The van der Waals surface area contributed by atoms with Crippen molar-refractivity contribution in [3.05, 3.63) is 95.3 Å². The molecule has 132 valence electrons. The van der Waals surface area contributed by atoms with Crippen LogP contribution < -0.4 is 10.6 Å². The average Bonchev–Trinajstić information content (AvgIpc) is 2.67. The molecule has 0 aromatic heterocycles. The van der Waals surface area contributed by atoms with Crippen molar-refractivity contribution in [1.82, 2.24) is 10.6 Å². The van der Waals surface area contributed by atoms with Gasteiger partial charge in [-0.15, -0.1) is 0 Å². The summed E-state index contributed by atoms with van der Waals surface area (Å²) < 4.78 is 0. The molecule has 2 aromatic rings. The predicted molar refractivity (Wildman–Crippen MR) is 102 cm³/mol. The zero-order chi connectivity index (χ0) is 18.5. The van der Waals surface area contributed by atoms with Crippen LogP contribution in [0.15, 0.2) is 84.2 Å². The minimum atomic E-state index is -0.199. The summed E-state index contributed by atoms with van der Waals surface area (Å²) in [5.41, 5.74) is 2.76. The summed E-state index contributed by atoms with van der Waals surface area (Å²) in [6, 6.07) is 19.5. The molecular weight excluding hydrogens is 324 g/mol.